The van der Waals surface area contributed by atoms with E-state index < -0.39 is 34.5 Å². The molecule has 2 aliphatic rings. The summed E-state index contributed by atoms with van der Waals surface area (Å²) in [7, 11) is 0. The number of alkyl halides is 3. The summed E-state index contributed by atoms with van der Waals surface area (Å²) in [5.74, 6) is 5.17. The van der Waals surface area contributed by atoms with Crippen LogP contribution in [0.15, 0.2) is 36.4 Å². The van der Waals surface area contributed by atoms with E-state index in [1.165, 1.54) is 12.1 Å². The van der Waals surface area contributed by atoms with Crippen LogP contribution in [-0.2, 0) is 10.9 Å². The molecule has 13 heteroatoms. The lowest BCUT2D eigenvalue weighted by atomic mass is 9.49. The first kappa shape index (κ1) is 33.0. The summed E-state index contributed by atoms with van der Waals surface area (Å²) in [5, 5.41) is 13.8. The Morgan fingerprint density at radius 1 is 0.957 bits per heavy atom. The Labute approximate surface area is 266 Å². The molecular weight excluding hydrogens is 601 g/mol. The van der Waals surface area contributed by atoms with Gasteiger partial charge in [-0.05, 0) is 63.9 Å². The number of rotatable bonds is 4. The van der Waals surface area contributed by atoms with Crippen molar-refractivity contribution in [1.29, 1.82) is 0 Å². The van der Waals surface area contributed by atoms with Gasteiger partial charge in [-0.25, -0.2) is 4.79 Å². The van der Waals surface area contributed by atoms with Crippen LogP contribution < -0.4 is 10.1 Å². The minimum absolute atomic E-state index is 0.000909. The molecule has 1 N–H and O–H groups in total. The second kappa shape index (κ2) is 11.8. The maximum atomic E-state index is 13.3. The van der Waals surface area contributed by atoms with Gasteiger partial charge in [-0.1, -0.05) is 39.5 Å². The lowest BCUT2D eigenvalue weighted by Crippen LogP contribution is -2.74. The van der Waals surface area contributed by atoms with Crippen LogP contribution in [0, 0.1) is 28.6 Å². The van der Waals surface area contributed by atoms with Gasteiger partial charge in [0.15, 0.2) is 5.65 Å². The van der Waals surface area contributed by atoms with Crippen molar-refractivity contribution >= 4 is 17.6 Å². The third-order valence-electron chi connectivity index (χ3n) is 8.56. The van der Waals surface area contributed by atoms with Crippen molar-refractivity contribution in [3.63, 3.8) is 0 Å². The number of fused-ring (bicyclic) bond motifs is 1. The highest BCUT2D eigenvalue weighted by molar-refractivity contribution is 5.94. The Hall–Kier alpha value is -4.34. The van der Waals surface area contributed by atoms with Crippen LogP contribution in [0.1, 0.15) is 83.1 Å². The second-order valence-corrected chi connectivity index (χ2v) is 14.1. The van der Waals surface area contributed by atoms with Crippen LogP contribution in [0.25, 0.3) is 5.65 Å². The van der Waals surface area contributed by atoms with Crippen molar-refractivity contribution in [2.45, 2.75) is 85.2 Å². The minimum Gasteiger partial charge on any atom is -0.472 e. The molecule has 0 spiro atoms. The van der Waals surface area contributed by atoms with E-state index in [1.54, 1.807) is 17.0 Å². The normalized spacial score (nSPS) is 21.1. The lowest BCUT2D eigenvalue weighted by Gasteiger charge is -2.62. The third kappa shape index (κ3) is 6.76. The molecule has 0 atom stereocenters. The van der Waals surface area contributed by atoms with Crippen LogP contribution in [0.2, 0.25) is 0 Å². The van der Waals surface area contributed by atoms with E-state index in [-0.39, 0.29) is 35.5 Å². The number of halogens is 3. The molecule has 3 heterocycles. The molecule has 0 bridgehead atoms. The molecule has 1 aromatic carbocycles. The molecule has 3 aromatic rings. The van der Waals surface area contributed by atoms with E-state index >= 15 is 0 Å². The zero-order valence-corrected chi connectivity index (χ0v) is 27.0. The topological polar surface area (TPSA) is 111 Å². The Morgan fingerprint density at radius 2 is 1.59 bits per heavy atom. The molecule has 46 heavy (non-hydrogen) atoms. The quantitative estimate of drug-likeness (QED) is 0.362. The number of nitrogens with one attached hydrogen (secondary N) is 1. The fraction of sp³-hybridized carbons (Fsp3) is 0.545. The molecular formula is C33H39F3N6O4. The summed E-state index contributed by atoms with van der Waals surface area (Å²) in [5.41, 5.74) is -0.446. The monoisotopic (exact) mass is 640 g/mol. The molecule has 0 radical (unpaired) electrons. The number of amides is 2. The first-order valence-corrected chi connectivity index (χ1v) is 15.2. The lowest BCUT2D eigenvalue weighted by molar-refractivity contribution is -0.166. The number of nitrogens with zero attached hydrogens (tertiary/aromatic N) is 5. The molecule has 5 rings (SSSR count). The van der Waals surface area contributed by atoms with Crippen molar-refractivity contribution < 1.29 is 32.2 Å². The molecule has 1 aliphatic carbocycles. The van der Waals surface area contributed by atoms with Gasteiger partial charge in [0.1, 0.15) is 11.7 Å². The van der Waals surface area contributed by atoms with Gasteiger partial charge in [0.2, 0.25) is 5.88 Å². The van der Waals surface area contributed by atoms with Crippen molar-refractivity contribution in [3.8, 4) is 17.7 Å². The van der Waals surface area contributed by atoms with Crippen molar-refractivity contribution in [2.75, 3.05) is 13.1 Å². The van der Waals surface area contributed by atoms with E-state index in [9.17, 15) is 22.8 Å². The molecule has 0 unspecified atom stereocenters. The number of carbonyl (C=O) groups excluding carboxylic acids is 2. The zero-order valence-electron chi connectivity index (χ0n) is 27.0. The number of likely N-dealkylation sites (tertiary alicyclic amines) is 1. The second-order valence-electron chi connectivity index (χ2n) is 14.1. The Bertz CT molecular complexity index is 1660. The molecule has 10 nitrogen and oxygen atoms in total. The van der Waals surface area contributed by atoms with Crippen molar-refractivity contribution in [2.24, 2.45) is 16.7 Å². The van der Waals surface area contributed by atoms with E-state index in [0.717, 1.165) is 18.4 Å². The molecule has 1 aliphatic heterocycles. The predicted octanol–water partition coefficient (Wildman–Crippen LogP) is 5.75. The van der Waals surface area contributed by atoms with Gasteiger partial charge < -0.3 is 19.7 Å². The average molecular weight is 641 g/mol. The maximum Gasteiger partial charge on any atom is 0.453 e. The number of benzene rings is 1. The first-order chi connectivity index (χ1) is 21.4. The van der Waals surface area contributed by atoms with Crippen LogP contribution in [0.4, 0.5) is 18.0 Å². The summed E-state index contributed by atoms with van der Waals surface area (Å²) in [4.78, 5) is 27.3. The van der Waals surface area contributed by atoms with E-state index in [1.807, 2.05) is 60.6 Å². The number of carbonyl (C=O) groups is 2. The number of aromatic nitrogens is 4. The Morgan fingerprint density at radius 3 is 2.17 bits per heavy atom. The van der Waals surface area contributed by atoms with E-state index in [0.29, 0.717) is 23.2 Å². The van der Waals surface area contributed by atoms with Crippen LogP contribution >= 0.6 is 0 Å². The van der Waals surface area contributed by atoms with Gasteiger partial charge in [-0.2, -0.15) is 17.7 Å². The Balaban J connectivity index is 1.18. The Kier molecular flexibility index (Phi) is 8.47. The SMILES string of the molecule is CC(C)(C)OC(=O)N1CCC(C#Cc2ccc(C(=O)N[C@H]3C(C)(C)[C@H](Oc4ccc5nnc(C(F)(F)F)n5n4)C3(C)C)cc2)CC1. The fourth-order valence-corrected chi connectivity index (χ4v) is 6.57. The molecule has 2 fully saturated rings. The van der Waals surface area contributed by atoms with Crippen LogP contribution in [-0.4, -0.2) is 67.5 Å². The van der Waals surface area contributed by atoms with Gasteiger partial charge in [0.25, 0.3) is 11.7 Å². The van der Waals surface area contributed by atoms with E-state index in [2.05, 4.69) is 32.5 Å². The standard InChI is InChI=1S/C33H39F3N6O4/c1-30(2,3)46-29(44)41-18-16-21(17-19-41)9-8-20-10-12-22(13-11-20)25(43)37-26-31(4,5)27(32(26,6)7)45-24-15-14-23-38-39-28(33(34,35)36)42(23)40-24/h10-15,21,26-27H,16-19H2,1-7H3,(H,37,43)/t26-,27-. The summed E-state index contributed by atoms with van der Waals surface area (Å²) in [6, 6.07) is 9.60. The number of hydrogen-bond acceptors (Lipinski definition) is 7. The minimum atomic E-state index is -4.72. The number of hydrogen-bond donors (Lipinski definition) is 1. The molecule has 1 saturated heterocycles. The molecule has 2 aromatic heterocycles. The summed E-state index contributed by atoms with van der Waals surface area (Å²) >= 11 is 0. The van der Waals surface area contributed by atoms with Crippen molar-refractivity contribution in [3.05, 3.63) is 53.3 Å². The third-order valence-corrected chi connectivity index (χ3v) is 8.56. The number of piperidine rings is 1. The average Bonchev–Trinajstić information content (AvgIpc) is 3.41. The predicted molar refractivity (Wildman–Crippen MR) is 163 cm³/mol. The van der Waals surface area contributed by atoms with Gasteiger partial charge in [0, 0.05) is 53.1 Å². The zero-order chi connectivity index (χ0) is 33.7. The fourth-order valence-electron chi connectivity index (χ4n) is 6.57. The van der Waals surface area contributed by atoms with Gasteiger partial charge >= 0.3 is 12.3 Å². The highest BCUT2D eigenvalue weighted by Crippen LogP contribution is 2.55. The van der Waals surface area contributed by atoms with E-state index in [4.69, 9.17) is 9.47 Å². The van der Waals surface area contributed by atoms with Gasteiger partial charge in [0.05, 0.1) is 0 Å². The molecule has 1 saturated carbocycles. The smallest absolute Gasteiger partial charge is 0.453 e. The van der Waals surface area contributed by atoms with Crippen LogP contribution in [0.5, 0.6) is 5.88 Å². The molecule has 2 amide bonds. The van der Waals surface area contributed by atoms with Crippen molar-refractivity contribution in [1.82, 2.24) is 30.0 Å². The summed E-state index contributed by atoms with van der Waals surface area (Å²) in [6.07, 6.45) is -3.94. The maximum absolute atomic E-state index is 13.3. The number of ether oxygens (including phenoxy) is 2. The highest BCUT2D eigenvalue weighted by atomic mass is 19.4. The first-order valence-electron chi connectivity index (χ1n) is 15.2. The van der Waals surface area contributed by atoms with Gasteiger partial charge in [-0.3, -0.25) is 4.79 Å². The summed E-state index contributed by atoms with van der Waals surface area (Å²) in [6.45, 7) is 14.5. The largest absolute Gasteiger partial charge is 0.472 e. The van der Waals surface area contributed by atoms with Crippen LogP contribution in [0.3, 0.4) is 0 Å². The molecule has 246 valence electrons. The van der Waals surface area contributed by atoms with Gasteiger partial charge in [-0.15, -0.1) is 15.3 Å². The summed E-state index contributed by atoms with van der Waals surface area (Å²) < 4.78 is 52.2. The highest BCUT2D eigenvalue weighted by Gasteiger charge is 2.64.